The maximum atomic E-state index is 10.4. The summed E-state index contributed by atoms with van der Waals surface area (Å²) in [5.41, 5.74) is 11.9. The van der Waals surface area contributed by atoms with E-state index < -0.39 is 0 Å². The maximum Gasteiger partial charge on any atom is 0.159 e. The fraction of sp³-hybridized carbons (Fsp3) is 0. The molecule has 53 heavy (non-hydrogen) atoms. The minimum absolute atomic E-state index is 0.525. The lowest BCUT2D eigenvalue weighted by atomic mass is 9.96. The van der Waals surface area contributed by atoms with Crippen molar-refractivity contribution in [3.63, 3.8) is 0 Å². The van der Waals surface area contributed by atoms with Gasteiger partial charge in [-0.25, -0.2) is 0 Å². The van der Waals surface area contributed by atoms with E-state index in [0.717, 1.165) is 44.2 Å². The molecule has 11 aromatic rings. The summed E-state index contributed by atoms with van der Waals surface area (Å²) in [5.74, 6) is 0. The number of nitrogens with zero attached hydrogens (tertiary/aromatic N) is 2. The Balaban J connectivity index is 1.21. The molecule has 3 nitrogen and oxygen atoms in total. The van der Waals surface area contributed by atoms with Crippen LogP contribution in [0.25, 0.3) is 103 Å². The third kappa shape index (κ3) is 4.45. The van der Waals surface area contributed by atoms with Gasteiger partial charge < -0.3 is 8.98 Å². The first-order chi connectivity index (χ1) is 26.2. The van der Waals surface area contributed by atoms with E-state index in [1.165, 1.54) is 53.2 Å². The summed E-state index contributed by atoms with van der Waals surface area (Å²) in [6, 6.07) is 62.6. The normalized spacial score (nSPS) is 11.8. The van der Waals surface area contributed by atoms with E-state index in [4.69, 9.17) is 4.42 Å². The molecule has 0 radical (unpaired) electrons. The van der Waals surface area contributed by atoms with E-state index in [1.807, 2.05) is 17.4 Å². The number of para-hydroxylation sites is 1. The third-order valence-corrected chi connectivity index (χ3v) is 11.9. The molecule has 4 heteroatoms. The summed E-state index contributed by atoms with van der Waals surface area (Å²) in [5, 5.41) is 17.1. The van der Waals surface area contributed by atoms with Gasteiger partial charge in [-0.15, -0.1) is 11.3 Å². The van der Waals surface area contributed by atoms with Crippen molar-refractivity contribution in [1.29, 1.82) is 5.26 Å². The average molecular weight is 693 g/mol. The van der Waals surface area contributed by atoms with E-state index in [2.05, 4.69) is 174 Å². The van der Waals surface area contributed by atoms with Gasteiger partial charge >= 0.3 is 0 Å². The molecule has 0 spiro atoms. The summed E-state index contributed by atoms with van der Waals surface area (Å²) < 4.78 is 11.7. The Labute approximate surface area is 308 Å². The van der Waals surface area contributed by atoms with Gasteiger partial charge in [-0.05, 0) is 70.3 Å². The summed E-state index contributed by atoms with van der Waals surface area (Å²) in [6.07, 6.45) is 0. The van der Waals surface area contributed by atoms with E-state index in [1.54, 1.807) is 0 Å². The standard InChI is InChI=1S/C49H28N2OS/c50-29-34-21-24-36(38-17-9-16-37-35-15-7-8-20-45(35)53-49(37)38)46-39-18-10-19-44(48(39)52-47(34)46)51-42-25-22-32(30-11-3-1-4-12-30)27-40(42)41-28-33(23-26-43(41)51)31-13-5-2-6-14-31/h1-28H. The fourth-order valence-electron chi connectivity index (χ4n) is 8.24. The van der Waals surface area contributed by atoms with Crippen LogP contribution in [0.15, 0.2) is 174 Å². The summed E-state index contributed by atoms with van der Waals surface area (Å²) >= 11 is 1.81. The zero-order valence-corrected chi connectivity index (χ0v) is 29.2. The molecule has 0 unspecified atom stereocenters. The molecule has 0 saturated heterocycles. The topological polar surface area (TPSA) is 41.9 Å². The molecule has 0 atom stereocenters. The highest BCUT2D eigenvalue weighted by atomic mass is 32.1. The second-order valence-corrected chi connectivity index (χ2v) is 14.6. The van der Waals surface area contributed by atoms with E-state index in [9.17, 15) is 5.26 Å². The van der Waals surface area contributed by atoms with E-state index >= 15 is 0 Å². The first-order valence-corrected chi connectivity index (χ1v) is 18.6. The average Bonchev–Trinajstić information content (AvgIpc) is 3.91. The summed E-state index contributed by atoms with van der Waals surface area (Å²) in [6.45, 7) is 0. The molecule has 0 N–H and O–H groups in total. The van der Waals surface area contributed by atoms with Crippen molar-refractivity contribution >= 4 is 75.3 Å². The molecular weight excluding hydrogens is 665 g/mol. The number of furan rings is 1. The second-order valence-electron chi connectivity index (χ2n) is 13.5. The van der Waals surface area contributed by atoms with Gasteiger partial charge in [0.2, 0.25) is 0 Å². The molecule has 0 aliphatic carbocycles. The van der Waals surface area contributed by atoms with Crippen LogP contribution in [0.2, 0.25) is 0 Å². The van der Waals surface area contributed by atoms with E-state index in [0.29, 0.717) is 11.1 Å². The molecule has 0 amide bonds. The van der Waals surface area contributed by atoms with Crippen molar-refractivity contribution < 1.29 is 4.42 Å². The Kier molecular flexibility index (Phi) is 6.48. The van der Waals surface area contributed by atoms with Gasteiger partial charge in [0.25, 0.3) is 0 Å². The van der Waals surface area contributed by atoms with Gasteiger partial charge in [0.1, 0.15) is 6.07 Å². The second kappa shape index (κ2) is 11.5. The first kappa shape index (κ1) is 29.8. The van der Waals surface area contributed by atoms with Crippen molar-refractivity contribution in [3.05, 3.63) is 175 Å². The van der Waals surface area contributed by atoms with Crippen LogP contribution in [-0.4, -0.2) is 4.57 Å². The van der Waals surface area contributed by atoms with Crippen LogP contribution in [0, 0.1) is 11.3 Å². The van der Waals surface area contributed by atoms with Crippen LogP contribution < -0.4 is 0 Å². The lowest BCUT2D eigenvalue weighted by Crippen LogP contribution is -1.94. The van der Waals surface area contributed by atoms with Gasteiger partial charge in [0.15, 0.2) is 11.2 Å². The summed E-state index contributed by atoms with van der Waals surface area (Å²) in [4.78, 5) is 0. The number of nitriles is 1. The van der Waals surface area contributed by atoms with Gasteiger partial charge in [-0.1, -0.05) is 127 Å². The minimum Gasteiger partial charge on any atom is -0.452 e. The van der Waals surface area contributed by atoms with Gasteiger partial charge in [0, 0.05) is 47.3 Å². The number of hydrogen-bond acceptors (Lipinski definition) is 3. The molecule has 0 bridgehead atoms. The predicted molar refractivity (Wildman–Crippen MR) is 222 cm³/mol. The highest BCUT2D eigenvalue weighted by Crippen LogP contribution is 2.46. The Morgan fingerprint density at radius 1 is 0.472 bits per heavy atom. The van der Waals surface area contributed by atoms with Crippen LogP contribution in [0.5, 0.6) is 0 Å². The Morgan fingerprint density at radius 3 is 1.79 bits per heavy atom. The Hall–Kier alpha value is -6.93. The molecule has 0 fully saturated rings. The van der Waals surface area contributed by atoms with Crippen molar-refractivity contribution in [2.75, 3.05) is 0 Å². The van der Waals surface area contributed by atoms with Gasteiger partial charge in [0.05, 0.1) is 22.3 Å². The predicted octanol–water partition coefficient (Wildman–Crippen LogP) is 13.9. The molecule has 3 aromatic heterocycles. The molecular formula is C49H28N2OS. The lowest BCUT2D eigenvalue weighted by molar-refractivity contribution is 0.665. The van der Waals surface area contributed by atoms with Crippen molar-refractivity contribution in [2.45, 2.75) is 0 Å². The molecule has 0 saturated carbocycles. The number of thiophene rings is 1. The van der Waals surface area contributed by atoms with Gasteiger partial charge in [-0.3, -0.25) is 0 Å². The fourth-order valence-corrected chi connectivity index (χ4v) is 9.47. The maximum absolute atomic E-state index is 10.4. The lowest BCUT2D eigenvalue weighted by Gasteiger charge is -2.10. The quantitative estimate of drug-likeness (QED) is 0.184. The van der Waals surface area contributed by atoms with Crippen LogP contribution in [0.4, 0.5) is 0 Å². The summed E-state index contributed by atoms with van der Waals surface area (Å²) in [7, 11) is 0. The first-order valence-electron chi connectivity index (χ1n) is 17.7. The van der Waals surface area contributed by atoms with E-state index in [-0.39, 0.29) is 0 Å². The number of benzene rings is 8. The number of rotatable bonds is 4. The minimum atomic E-state index is 0.525. The molecule has 8 aromatic carbocycles. The largest absolute Gasteiger partial charge is 0.452 e. The SMILES string of the molecule is N#Cc1ccc(-c2cccc3c2sc2ccccc23)c2c1oc1c(-n3c4ccc(-c5ccccc5)cc4c4cc(-c5ccccc5)ccc43)cccc12. The number of hydrogen-bond donors (Lipinski definition) is 0. The highest BCUT2D eigenvalue weighted by molar-refractivity contribution is 7.26. The van der Waals surface area contributed by atoms with Crippen LogP contribution in [0.3, 0.4) is 0 Å². The molecule has 0 aliphatic heterocycles. The van der Waals surface area contributed by atoms with Crippen molar-refractivity contribution in [1.82, 2.24) is 4.57 Å². The monoisotopic (exact) mass is 692 g/mol. The third-order valence-electron chi connectivity index (χ3n) is 10.7. The zero-order valence-electron chi connectivity index (χ0n) is 28.4. The molecule has 0 aliphatic rings. The van der Waals surface area contributed by atoms with Crippen molar-refractivity contribution in [3.8, 4) is 45.1 Å². The van der Waals surface area contributed by atoms with Crippen molar-refractivity contribution in [2.24, 2.45) is 0 Å². The van der Waals surface area contributed by atoms with Crippen LogP contribution >= 0.6 is 11.3 Å². The van der Waals surface area contributed by atoms with Crippen LogP contribution in [0.1, 0.15) is 5.56 Å². The Morgan fingerprint density at radius 2 is 1.09 bits per heavy atom. The zero-order chi connectivity index (χ0) is 35.0. The molecule has 3 heterocycles. The van der Waals surface area contributed by atoms with Gasteiger partial charge in [-0.2, -0.15) is 5.26 Å². The number of fused-ring (bicyclic) bond motifs is 9. The molecule has 246 valence electrons. The Bertz CT molecular complexity index is 3190. The smallest absolute Gasteiger partial charge is 0.159 e. The van der Waals surface area contributed by atoms with Crippen LogP contribution in [-0.2, 0) is 0 Å². The highest BCUT2D eigenvalue weighted by Gasteiger charge is 2.23. The molecule has 11 rings (SSSR count). The number of aromatic nitrogens is 1.